The monoisotopic (exact) mass is 389 g/mol. The Labute approximate surface area is 152 Å². The first-order valence-electron chi connectivity index (χ1n) is 8.76. The van der Waals surface area contributed by atoms with E-state index in [1.807, 2.05) is 34.0 Å². The van der Waals surface area contributed by atoms with E-state index in [4.69, 9.17) is 0 Å². The number of nitrogens with zero attached hydrogens (tertiary/aromatic N) is 3. The van der Waals surface area contributed by atoms with Gasteiger partial charge in [0, 0.05) is 29.0 Å². The molecule has 128 valence electrons. The second kappa shape index (κ2) is 7.97. The highest BCUT2D eigenvalue weighted by atomic mass is 79.9. The number of aryl methyl sites for hydroxylation is 1. The molecule has 2 heterocycles. The van der Waals surface area contributed by atoms with Crippen LogP contribution in [0.1, 0.15) is 48.5 Å². The van der Waals surface area contributed by atoms with Gasteiger partial charge < -0.3 is 4.90 Å². The van der Waals surface area contributed by atoms with Gasteiger partial charge in [-0.2, -0.15) is 5.10 Å². The second-order valence-electron chi connectivity index (χ2n) is 6.43. The molecule has 1 aliphatic heterocycles. The molecule has 0 N–H and O–H groups in total. The summed E-state index contributed by atoms with van der Waals surface area (Å²) in [6.45, 7) is 3.80. The van der Waals surface area contributed by atoms with E-state index in [1.165, 1.54) is 18.4 Å². The van der Waals surface area contributed by atoms with Gasteiger partial charge in [-0.1, -0.05) is 35.3 Å². The predicted molar refractivity (Wildman–Crippen MR) is 99.0 cm³/mol. The number of amides is 1. The number of carbonyl (C=O) groups is 1. The summed E-state index contributed by atoms with van der Waals surface area (Å²) < 4.78 is 2.96. The topological polar surface area (TPSA) is 38.1 Å². The van der Waals surface area contributed by atoms with Crippen LogP contribution in [0, 0.1) is 0 Å². The van der Waals surface area contributed by atoms with E-state index >= 15 is 0 Å². The van der Waals surface area contributed by atoms with Crippen molar-refractivity contribution in [1.29, 1.82) is 0 Å². The maximum absolute atomic E-state index is 12.9. The van der Waals surface area contributed by atoms with Gasteiger partial charge in [-0.25, -0.2) is 0 Å². The number of hydrogen-bond donors (Lipinski definition) is 0. The molecule has 1 saturated heterocycles. The van der Waals surface area contributed by atoms with Crippen LogP contribution in [0.3, 0.4) is 0 Å². The molecule has 0 spiro atoms. The van der Waals surface area contributed by atoms with Crippen LogP contribution in [0.15, 0.2) is 41.1 Å². The summed E-state index contributed by atoms with van der Waals surface area (Å²) >= 11 is 3.63. The molecular formula is C19H24BrN3O. The van der Waals surface area contributed by atoms with Crippen LogP contribution >= 0.6 is 15.9 Å². The zero-order chi connectivity index (χ0) is 16.9. The molecule has 0 bridgehead atoms. The number of benzene rings is 1. The average Bonchev–Trinajstić information content (AvgIpc) is 3.25. The minimum Gasteiger partial charge on any atom is -0.334 e. The highest BCUT2D eigenvalue weighted by Gasteiger charge is 2.29. The first-order chi connectivity index (χ1) is 11.7. The summed E-state index contributed by atoms with van der Waals surface area (Å²) in [5.41, 5.74) is 2.05. The quantitative estimate of drug-likeness (QED) is 0.738. The maximum Gasteiger partial charge on any atom is 0.254 e. The SMILES string of the molecule is CCCCc1ccc(C(=O)N2CCCC2Cn2cccn2)cc1Br. The van der Waals surface area contributed by atoms with E-state index in [1.54, 1.807) is 6.20 Å². The first kappa shape index (κ1) is 17.2. The second-order valence-corrected chi connectivity index (χ2v) is 7.29. The molecule has 0 aliphatic carbocycles. The normalized spacial score (nSPS) is 17.4. The van der Waals surface area contributed by atoms with Crippen molar-refractivity contribution >= 4 is 21.8 Å². The molecule has 1 aliphatic rings. The highest BCUT2D eigenvalue weighted by Crippen LogP contribution is 2.25. The van der Waals surface area contributed by atoms with Crippen LogP contribution in [0.5, 0.6) is 0 Å². The molecule has 0 radical (unpaired) electrons. The van der Waals surface area contributed by atoms with Crippen molar-refractivity contribution in [3.05, 3.63) is 52.3 Å². The number of unbranched alkanes of at least 4 members (excludes halogenated alkanes) is 1. The van der Waals surface area contributed by atoms with Gasteiger partial charge in [0.2, 0.25) is 0 Å². The van der Waals surface area contributed by atoms with Gasteiger partial charge in [-0.05, 0) is 49.4 Å². The lowest BCUT2D eigenvalue weighted by atomic mass is 10.1. The van der Waals surface area contributed by atoms with Crippen LogP contribution in [0.25, 0.3) is 0 Å². The number of likely N-dealkylation sites (tertiary alicyclic amines) is 1. The Morgan fingerprint density at radius 2 is 2.29 bits per heavy atom. The van der Waals surface area contributed by atoms with Crippen molar-refractivity contribution in [3.63, 3.8) is 0 Å². The number of aromatic nitrogens is 2. The molecule has 3 rings (SSSR count). The van der Waals surface area contributed by atoms with Gasteiger partial charge in [0.05, 0.1) is 12.6 Å². The van der Waals surface area contributed by atoms with E-state index in [0.717, 1.165) is 42.4 Å². The Bertz CT molecular complexity index is 684. The van der Waals surface area contributed by atoms with Gasteiger partial charge in [0.15, 0.2) is 0 Å². The van der Waals surface area contributed by atoms with E-state index in [-0.39, 0.29) is 11.9 Å². The van der Waals surface area contributed by atoms with Crippen LogP contribution in [-0.4, -0.2) is 33.2 Å². The average molecular weight is 390 g/mol. The van der Waals surface area contributed by atoms with Crippen molar-refractivity contribution in [2.75, 3.05) is 6.54 Å². The summed E-state index contributed by atoms with van der Waals surface area (Å²) in [4.78, 5) is 14.9. The zero-order valence-electron chi connectivity index (χ0n) is 14.1. The van der Waals surface area contributed by atoms with Crippen molar-refractivity contribution < 1.29 is 4.79 Å². The van der Waals surface area contributed by atoms with E-state index < -0.39 is 0 Å². The summed E-state index contributed by atoms with van der Waals surface area (Å²) in [6, 6.07) is 8.20. The molecule has 1 aromatic carbocycles. The maximum atomic E-state index is 12.9. The summed E-state index contributed by atoms with van der Waals surface area (Å²) in [5.74, 6) is 0.132. The number of halogens is 1. The van der Waals surface area contributed by atoms with Crippen molar-refractivity contribution in [1.82, 2.24) is 14.7 Å². The Hall–Kier alpha value is -1.62. The standard InChI is InChI=1S/C19H24BrN3O/c1-2-3-6-15-8-9-16(13-18(15)20)19(24)23-12-4-7-17(23)14-22-11-5-10-21-22/h5,8-11,13,17H,2-4,6-7,12,14H2,1H3. The number of hydrogen-bond acceptors (Lipinski definition) is 2. The van der Waals surface area contributed by atoms with Gasteiger partial charge >= 0.3 is 0 Å². The Morgan fingerprint density at radius 1 is 1.42 bits per heavy atom. The Balaban J connectivity index is 1.71. The number of rotatable bonds is 6. The lowest BCUT2D eigenvalue weighted by Gasteiger charge is -2.25. The molecule has 1 amide bonds. The molecule has 1 aromatic heterocycles. The first-order valence-corrected chi connectivity index (χ1v) is 9.55. The molecule has 1 atom stereocenters. The third-order valence-electron chi connectivity index (χ3n) is 4.69. The molecular weight excluding hydrogens is 366 g/mol. The third-order valence-corrected chi connectivity index (χ3v) is 5.43. The van der Waals surface area contributed by atoms with Crippen LogP contribution in [-0.2, 0) is 13.0 Å². The van der Waals surface area contributed by atoms with Crippen LogP contribution in [0.4, 0.5) is 0 Å². The molecule has 4 nitrogen and oxygen atoms in total. The Morgan fingerprint density at radius 3 is 3.00 bits per heavy atom. The summed E-state index contributed by atoms with van der Waals surface area (Å²) in [5, 5.41) is 4.27. The largest absolute Gasteiger partial charge is 0.334 e. The molecule has 1 fully saturated rings. The van der Waals surface area contributed by atoms with E-state index in [2.05, 4.69) is 34.0 Å². The predicted octanol–water partition coefficient (Wildman–Crippen LogP) is 4.29. The van der Waals surface area contributed by atoms with E-state index in [0.29, 0.717) is 0 Å². The number of carbonyl (C=O) groups excluding carboxylic acids is 1. The smallest absolute Gasteiger partial charge is 0.254 e. The minimum atomic E-state index is 0.132. The fraction of sp³-hybridized carbons (Fsp3) is 0.474. The molecule has 2 aromatic rings. The summed E-state index contributed by atoms with van der Waals surface area (Å²) in [7, 11) is 0. The fourth-order valence-corrected chi connectivity index (χ4v) is 3.91. The molecule has 24 heavy (non-hydrogen) atoms. The minimum absolute atomic E-state index is 0.132. The lowest BCUT2D eigenvalue weighted by molar-refractivity contribution is 0.0721. The van der Waals surface area contributed by atoms with Crippen LogP contribution < -0.4 is 0 Å². The molecule has 5 heteroatoms. The van der Waals surface area contributed by atoms with Gasteiger partial charge in [-0.3, -0.25) is 9.48 Å². The Kier molecular flexibility index (Phi) is 5.72. The van der Waals surface area contributed by atoms with Crippen LogP contribution in [0.2, 0.25) is 0 Å². The summed E-state index contributed by atoms with van der Waals surface area (Å²) in [6.07, 6.45) is 9.25. The third kappa shape index (κ3) is 3.89. The fourth-order valence-electron chi connectivity index (χ4n) is 3.33. The molecule has 0 saturated carbocycles. The van der Waals surface area contributed by atoms with Gasteiger partial charge in [0.25, 0.3) is 5.91 Å². The van der Waals surface area contributed by atoms with E-state index in [9.17, 15) is 4.79 Å². The van der Waals surface area contributed by atoms with Crippen molar-refractivity contribution in [2.45, 2.75) is 51.6 Å². The molecule has 1 unspecified atom stereocenters. The van der Waals surface area contributed by atoms with Crippen molar-refractivity contribution in [3.8, 4) is 0 Å². The van der Waals surface area contributed by atoms with Gasteiger partial charge in [0.1, 0.15) is 0 Å². The van der Waals surface area contributed by atoms with Gasteiger partial charge in [-0.15, -0.1) is 0 Å². The zero-order valence-corrected chi connectivity index (χ0v) is 15.7. The van der Waals surface area contributed by atoms with Crippen molar-refractivity contribution in [2.24, 2.45) is 0 Å². The lowest BCUT2D eigenvalue weighted by Crippen LogP contribution is -2.38. The highest BCUT2D eigenvalue weighted by molar-refractivity contribution is 9.10.